The molecule has 0 bridgehead atoms. The van der Waals surface area contributed by atoms with E-state index in [1.807, 2.05) is 0 Å². The maximum absolute atomic E-state index is 12.6. The van der Waals surface area contributed by atoms with E-state index in [2.05, 4.69) is 15.1 Å². The van der Waals surface area contributed by atoms with Gasteiger partial charge >= 0.3 is 5.97 Å². The van der Waals surface area contributed by atoms with Crippen LogP contribution >= 0.6 is 0 Å². The Morgan fingerprint density at radius 3 is 2.38 bits per heavy atom. The molecule has 0 spiro atoms. The Labute approximate surface area is 148 Å². The molecular weight excluding hydrogens is 360 g/mol. The largest absolute Gasteiger partial charge is 0.480 e. The molecule has 0 atom stereocenters. The van der Waals surface area contributed by atoms with E-state index in [4.69, 9.17) is 5.11 Å². The predicted octanol–water partition coefficient (Wildman–Crippen LogP) is 0.783. The van der Waals surface area contributed by atoms with Gasteiger partial charge in [-0.05, 0) is 24.3 Å². The molecule has 3 aromatic rings. The molecule has 9 nitrogen and oxygen atoms in total. The Hall–Kier alpha value is -3.40. The highest BCUT2D eigenvalue weighted by Crippen LogP contribution is 2.17. The second-order valence-electron chi connectivity index (χ2n) is 5.24. The van der Waals surface area contributed by atoms with Crippen molar-refractivity contribution in [1.82, 2.24) is 15.0 Å². The number of aromatic nitrogens is 2. The van der Waals surface area contributed by atoms with Crippen LogP contribution in [0.1, 0.15) is 10.6 Å². The molecule has 0 aliphatic heterocycles. The minimum atomic E-state index is -3.99. The van der Waals surface area contributed by atoms with Crippen LogP contribution in [0.5, 0.6) is 0 Å². The van der Waals surface area contributed by atoms with Crippen molar-refractivity contribution in [1.29, 1.82) is 0 Å². The lowest BCUT2D eigenvalue weighted by molar-refractivity contribution is -0.135. The molecule has 0 aliphatic rings. The zero-order valence-corrected chi connectivity index (χ0v) is 14.1. The third-order valence-electron chi connectivity index (χ3n) is 3.43. The maximum atomic E-state index is 12.6. The molecule has 0 saturated heterocycles. The maximum Gasteiger partial charge on any atom is 0.322 e. The standard InChI is InChI=1S/C16H14N4O5S/c21-14(22)10-17-16(23)15-18-12-8-4-5-9-13(12)20(15)19-26(24,25)11-6-2-1-3-7-11/h1-9,19H,10H2,(H,17,23)(H,21,22). The van der Waals surface area contributed by atoms with Crippen LogP contribution in [0.15, 0.2) is 59.5 Å². The van der Waals surface area contributed by atoms with Gasteiger partial charge in [-0.1, -0.05) is 30.3 Å². The van der Waals surface area contributed by atoms with Crippen molar-refractivity contribution >= 4 is 32.9 Å². The van der Waals surface area contributed by atoms with Gasteiger partial charge < -0.3 is 10.4 Å². The summed E-state index contributed by atoms with van der Waals surface area (Å²) in [6, 6.07) is 14.2. The number of aliphatic carboxylic acids is 1. The number of nitrogens with one attached hydrogen (secondary N) is 2. The van der Waals surface area contributed by atoms with Crippen LogP contribution < -0.4 is 10.1 Å². The minimum absolute atomic E-state index is 0.00896. The summed E-state index contributed by atoms with van der Waals surface area (Å²) in [6.45, 7) is -0.618. The van der Waals surface area contributed by atoms with Gasteiger partial charge in [-0.15, -0.1) is 0 Å². The molecule has 2 aromatic carbocycles. The van der Waals surface area contributed by atoms with Crippen LogP contribution in [0.3, 0.4) is 0 Å². The molecule has 26 heavy (non-hydrogen) atoms. The Morgan fingerprint density at radius 1 is 1.04 bits per heavy atom. The van der Waals surface area contributed by atoms with E-state index >= 15 is 0 Å². The number of hydrogen-bond donors (Lipinski definition) is 3. The molecule has 134 valence electrons. The number of carbonyl (C=O) groups excluding carboxylic acids is 1. The molecule has 3 N–H and O–H groups in total. The van der Waals surface area contributed by atoms with Gasteiger partial charge in [0.1, 0.15) is 6.54 Å². The Kier molecular flexibility index (Phi) is 4.59. The Balaban J connectivity index is 2.05. The molecule has 1 heterocycles. The molecular formula is C16H14N4O5S. The predicted molar refractivity (Wildman–Crippen MR) is 92.7 cm³/mol. The number of carboxylic acids is 1. The number of para-hydroxylation sites is 2. The van der Waals surface area contributed by atoms with Gasteiger partial charge in [0.15, 0.2) is 0 Å². The number of nitrogens with zero attached hydrogens (tertiary/aromatic N) is 2. The SMILES string of the molecule is O=C(O)CNC(=O)c1nc2ccccc2n1NS(=O)(=O)c1ccccc1. The van der Waals surface area contributed by atoms with E-state index in [1.54, 1.807) is 42.5 Å². The third kappa shape index (κ3) is 3.49. The summed E-state index contributed by atoms with van der Waals surface area (Å²) in [5.41, 5.74) is 0.733. The van der Waals surface area contributed by atoms with Crippen molar-refractivity contribution in [2.45, 2.75) is 4.90 Å². The summed E-state index contributed by atoms with van der Waals surface area (Å²) in [5.74, 6) is -2.32. The van der Waals surface area contributed by atoms with Gasteiger partial charge in [0, 0.05) is 0 Å². The van der Waals surface area contributed by atoms with E-state index in [0.29, 0.717) is 11.0 Å². The lowest BCUT2D eigenvalue weighted by Crippen LogP contribution is -2.34. The molecule has 0 aliphatic carbocycles. The van der Waals surface area contributed by atoms with Gasteiger partial charge in [-0.25, -0.2) is 14.5 Å². The fourth-order valence-corrected chi connectivity index (χ4v) is 3.32. The highest BCUT2D eigenvalue weighted by molar-refractivity contribution is 7.92. The summed E-state index contributed by atoms with van der Waals surface area (Å²) in [5, 5.41) is 10.9. The average molecular weight is 374 g/mol. The van der Waals surface area contributed by atoms with Gasteiger partial charge in [-0.3, -0.25) is 9.59 Å². The average Bonchev–Trinajstić information content (AvgIpc) is 2.98. The number of benzene rings is 2. The normalized spacial score (nSPS) is 11.2. The molecule has 10 heteroatoms. The van der Waals surface area contributed by atoms with Gasteiger partial charge in [0.25, 0.3) is 15.9 Å². The lowest BCUT2D eigenvalue weighted by Gasteiger charge is -2.12. The number of imidazole rings is 1. The van der Waals surface area contributed by atoms with Crippen molar-refractivity contribution in [3.05, 3.63) is 60.4 Å². The number of carboxylic acid groups (broad SMARTS) is 1. The molecule has 1 aromatic heterocycles. The molecule has 0 unspecified atom stereocenters. The summed E-state index contributed by atoms with van der Waals surface area (Å²) in [7, 11) is -3.99. The molecule has 0 saturated carbocycles. The van der Waals surface area contributed by atoms with Crippen LogP contribution in [0.2, 0.25) is 0 Å². The zero-order valence-electron chi connectivity index (χ0n) is 13.3. The third-order valence-corrected chi connectivity index (χ3v) is 4.74. The number of carbonyl (C=O) groups is 2. The van der Waals surface area contributed by atoms with E-state index in [1.165, 1.54) is 12.1 Å². The first-order valence-electron chi connectivity index (χ1n) is 7.44. The number of sulfonamides is 1. The fraction of sp³-hybridized carbons (Fsp3) is 0.0625. The Bertz CT molecular complexity index is 1080. The van der Waals surface area contributed by atoms with Crippen LogP contribution in [-0.2, 0) is 14.8 Å². The first-order valence-corrected chi connectivity index (χ1v) is 8.92. The van der Waals surface area contributed by atoms with Crippen LogP contribution in [0, 0.1) is 0 Å². The highest BCUT2D eigenvalue weighted by Gasteiger charge is 2.22. The molecule has 0 fully saturated rings. The van der Waals surface area contributed by atoms with Crippen LogP contribution in [-0.4, -0.2) is 41.6 Å². The summed E-state index contributed by atoms with van der Waals surface area (Å²) in [4.78, 5) is 29.3. The van der Waals surface area contributed by atoms with Crippen molar-refractivity contribution < 1.29 is 23.1 Å². The van der Waals surface area contributed by atoms with E-state index in [-0.39, 0.29) is 10.7 Å². The summed E-state index contributed by atoms with van der Waals surface area (Å²) >= 11 is 0. The van der Waals surface area contributed by atoms with Crippen molar-refractivity contribution in [3.8, 4) is 0 Å². The van der Waals surface area contributed by atoms with Crippen LogP contribution in [0.4, 0.5) is 0 Å². The van der Waals surface area contributed by atoms with Crippen molar-refractivity contribution in [2.24, 2.45) is 0 Å². The van der Waals surface area contributed by atoms with Crippen molar-refractivity contribution in [3.63, 3.8) is 0 Å². The van der Waals surface area contributed by atoms with Gasteiger partial charge in [0.05, 0.1) is 15.9 Å². The quantitative estimate of drug-likeness (QED) is 0.585. The van der Waals surface area contributed by atoms with Gasteiger partial charge in [0.2, 0.25) is 5.82 Å². The highest BCUT2D eigenvalue weighted by atomic mass is 32.2. The second kappa shape index (κ2) is 6.84. The van der Waals surface area contributed by atoms with E-state index in [0.717, 1.165) is 4.68 Å². The fourth-order valence-electron chi connectivity index (χ4n) is 2.28. The van der Waals surface area contributed by atoms with Crippen LogP contribution in [0.25, 0.3) is 11.0 Å². The number of fused-ring (bicyclic) bond motifs is 1. The van der Waals surface area contributed by atoms with E-state index in [9.17, 15) is 18.0 Å². The topological polar surface area (TPSA) is 130 Å². The molecule has 1 amide bonds. The van der Waals surface area contributed by atoms with E-state index < -0.39 is 28.4 Å². The molecule has 3 rings (SSSR count). The lowest BCUT2D eigenvalue weighted by atomic mass is 10.3. The number of rotatable bonds is 6. The zero-order chi connectivity index (χ0) is 18.7. The van der Waals surface area contributed by atoms with Crippen molar-refractivity contribution in [2.75, 3.05) is 11.4 Å². The first kappa shape index (κ1) is 17.4. The number of amides is 1. The first-order chi connectivity index (χ1) is 12.4. The Morgan fingerprint density at radius 2 is 1.69 bits per heavy atom. The second-order valence-corrected chi connectivity index (χ2v) is 6.90. The summed E-state index contributed by atoms with van der Waals surface area (Å²) < 4.78 is 26.2. The smallest absolute Gasteiger partial charge is 0.322 e. The minimum Gasteiger partial charge on any atom is -0.480 e. The summed E-state index contributed by atoms with van der Waals surface area (Å²) in [6.07, 6.45) is 0. The van der Waals surface area contributed by atoms with Gasteiger partial charge in [-0.2, -0.15) is 8.42 Å². The number of hydrogen-bond acceptors (Lipinski definition) is 5. The molecule has 0 radical (unpaired) electrons. The monoisotopic (exact) mass is 374 g/mol.